The van der Waals surface area contributed by atoms with E-state index in [4.69, 9.17) is 14.8 Å². The molecule has 9 heteroatoms. The van der Waals surface area contributed by atoms with E-state index in [1.807, 2.05) is 0 Å². The molecule has 5 N–H and O–H groups in total. The van der Waals surface area contributed by atoms with Gasteiger partial charge in [0.2, 0.25) is 5.91 Å². The second kappa shape index (κ2) is 41.1. The van der Waals surface area contributed by atoms with Crippen LogP contribution in [0.3, 0.4) is 0 Å². The van der Waals surface area contributed by atoms with Gasteiger partial charge in [-0.25, -0.2) is 4.57 Å². The molecule has 0 saturated heterocycles. The summed E-state index contributed by atoms with van der Waals surface area (Å²) < 4.78 is 22.2. The van der Waals surface area contributed by atoms with Crippen LogP contribution < -0.4 is 11.1 Å². The molecule has 53 heavy (non-hydrogen) atoms. The maximum Gasteiger partial charge on any atom is 0.472 e. The molecular weight excluding hydrogens is 683 g/mol. The molecule has 0 aromatic carbocycles. The van der Waals surface area contributed by atoms with Crippen molar-refractivity contribution in [2.24, 2.45) is 5.73 Å². The number of phosphoric ester groups is 1. The highest BCUT2D eigenvalue weighted by molar-refractivity contribution is 7.47. The highest BCUT2D eigenvalue weighted by Gasteiger charge is 2.27. The average molecular weight is 775 g/mol. The van der Waals surface area contributed by atoms with E-state index in [2.05, 4.69) is 19.2 Å². The van der Waals surface area contributed by atoms with Crippen LogP contribution >= 0.6 is 7.82 Å². The van der Waals surface area contributed by atoms with Crippen LogP contribution in [0.25, 0.3) is 0 Å². The predicted molar refractivity (Wildman–Crippen MR) is 226 cm³/mol. The van der Waals surface area contributed by atoms with Crippen molar-refractivity contribution < 1.29 is 28.4 Å². The van der Waals surface area contributed by atoms with Gasteiger partial charge in [0.25, 0.3) is 0 Å². The van der Waals surface area contributed by atoms with E-state index < -0.39 is 20.0 Å². The molecule has 0 aliphatic rings. The minimum Gasteiger partial charge on any atom is -0.391 e. The zero-order valence-corrected chi connectivity index (χ0v) is 36.2. The second-order valence-electron chi connectivity index (χ2n) is 16.0. The Balaban J connectivity index is 4.08. The standard InChI is InChI=1S/C44H91N2O6P/c1-3-5-7-9-11-13-15-17-19-21-22-23-25-27-29-31-33-35-37-43(47)42(41-52-53(49,50)51-40-39-45)46-44(48)38-36-34-32-30-28-26-24-20-18-16-14-12-10-8-6-4-2/h42-43,47H,3-41,45H2,1-2H3,(H,46,48)(H,49,50). The fourth-order valence-corrected chi connectivity index (χ4v) is 7.96. The molecule has 0 bridgehead atoms. The summed E-state index contributed by atoms with van der Waals surface area (Å²) in [4.78, 5) is 22.8. The third kappa shape index (κ3) is 39.5. The maximum atomic E-state index is 12.8. The first-order valence-electron chi connectivity index (χ1n) is 23.2. The lowest BCUT2D eigenvalue weighted by atomic mass is 10.0. The Kier molecular flexibility index (Phi) is 40.8. The first-order chi connectivity index (χ1) is 25.9. The Bertz CT molecular complexity index is 804. The largest absolute Gasteiger partial charge is 0.472 e. The summed E-state index contributed by atoms with van der Waals surface area (Å²) in [6.07, 6.45) is 43.9. The van der Waals surface area contributed by atoms with Crippen molar-refractivity contribution in [2.45, 2.75) is 257 Å². The Morgan fingerprint density at radius 2 is 0.868 bits per heavy atom. The smallest absolute Gasteiger partial charge is 0.391 e. The Morgan fingerprint density at radius 3 is 1.21 bits per heavy atom. The topological polar surface area (TPSA) is 131 Å². The van der Waals surface area contributed by atoms with E-state index in [-0.39, 0.29) is 25.7 Å². The molecule has 0 aromatic heterocycles. The van der Waals surface area contributed by atoms with Gasteiger partial charge in [0, 0.05) is 13.0 Å². The molecule has 0 rings (SSSR count). The van der Waals surface area contributed by atoms with Crippen LogP contribution in [-0.4, -0.2) is 47.8 Å². The van der Waals surface area contributed by atoms with Gasteiger partial charge in [-0.3, -0.25) is 13.8 Å². The number of unbranched alkanes of at least 4 members (excludes halogenated alkanes) is 32. The number of carbonyl (C=O) groups excluding carboxylic acids is 1. The van der Waals surface area contributed by atoms with Gasteiger partial charge in [-0.05, 0) is 12.8 Å². The second-order valence-corrected chi connectivity index (χ2v) is 17.4. The highest BCUT2D eigenvalue weighted by Crippen LogP contribution is 2.43. The number of nitrogens with one attached hydrogen (secondary N) is 1. The summed E-state index contributed by atoms with van der Waals surface area (Å²) in [5.74, 6) is -0.156. The average Bonchev–Trinajstić information content (AvgIpc) is 3.14. The van der Waals surface area contributed by atoms with Gasteiger partial charge in [0.15, 0.2) is 0 Å². The molecule has 0 radical (unpaired) electrons. The highest BCUT2D eigenvalue weighted by atomic mass is 31.2. The number of aliphatic hydroxyl groups is 1. The Labute approximate surface area is 329 Å². The number of phosphoric acid groups is 1. The summed E-state index contributed by atoms with van der Waals surface area (Å²) >= 11 is 0. The summed E-state index contributed by atoms with van der Waals surface area (Å²) in [7, 11) is -4.31. The molecule has 0 fully saturated rings. The summed E-state index contributed by atoms with van der Waals surface area (Å²) in [6, 6.07) is -0.767. The summed E-state index contributed by atoms with van der Waals surface area (Å²) in [5, 5.41) is 13.8. The number of aliphatic hydroxyl groups excluding tert-OH is 1. The first kappa shape index (κ1) is 52.5. The monoisotopic (exact) mass is 775 g/mol. The van der Waals surface area contributed by atoms with Gasteiger partial charge >= 0.3 is 7.82 Å². The number of hydrogen-bond donors (Lipinski definition) is 4. The molecule has 318 valence electrons. The van der Waals surface area contributed by atoms with Crippen molar-refractivity contribution >= 4 is 13.7 Å². The van der Waals surface area contributed by atoms with Gasteiger partial charge < -0.3 is 21.1 Å². The molecule has 0 aromatic rings. The van der Waals surface area contributed by atoms with Crippen molar-refractivity contribution in [1.29, 1.82) is 0 Å². The molecule has 1 amide bonds. The zero-order valence-electron chi connectivity index (χ0n) is 35.3. The molecular formula is C44H91N2O6P. The van der Waals surface area contributed by atoms with Crippen LogP contribution in [0.15, 0.2) is 0 Å². The van der Waals surface area contributed by atoms with Crippen molar-refractivity contribution in [3.8, 4) is 0 Å². The molecule has 0 aliphatic carbocycles. The fourth-order valence-electron chi connectivity index (χ4n) is 7.20. The summed E-state index contributed by atoms with van der Waals surface area (Å²) in [6.45, 7) is 4.25. The lowest BCUT2D eigenvalue weighted by molar-refractivity contribution is -0.123. The predicted octanol–water partition coefficient (Wildman–Crippen LogP) is 13.0. The first-order valence-corrected chi connectivity index (χ1v) is 24.6. The zero-order chi connectivity index (χ0) is 38.9. The van der Waals surface area contributed by atoms with E-state index in [9.17, 15) is 19.4 Å². The molecule has 0 aliphatic heterocycles. The van der Waals surface area contributed by atoms with Crippen LogP contribution in [0.4, 0.5) is 0 Å². The fraction of sp³-hybridized carbons (Fsp3) is 0.977. The van der Waals surface area contributed by atoms with Gasteiger partial charge in [0.1, 0.15) is 0 Å². The van der Waals surface area contributed by atoms with Crippen molar-refractivity contribution in [2.75, 3.05) is 19.8 Å². The van der Waals surface area contributed by atoms with E-state index >= 15 is 0 Å². The van der Waals surface area contributed by atoms with Gasteiger partial charge in [-0.15, -0.1) is 0 Å². The van der Waals surface area contributed by atoms with Crippen molar-refractivity contribution in [1.82, 2.24) is 5.32 Å². The maximum absolute atomic E-state index is 12.8. The molecule has 3 atom stereocenters. The SMILES string of the molecule is CCCCCCCCCCCCCCCCCCCCC(O)C(COP(=O)(O)OCCN)NC(=O)CCCCCCCCCCCCCCCCCC. The number of rotatable bonds is 44. The van der Waals surface area contributed by atoms with E-state index in [0.29, 0.717) is 12.8 Å². The summed E-state index contributed by atoms with van der Waals surface area (Å²) in [5.41, 5.74) is 5.39. The lowest BCUT2D eigenvalue weighted by Gasteiger charge is -2.25. The molecule has 0 heterocycles. The van der Waals surface area contributed by atoms with Crippen LogP contribution in [0, 0.1) is 0 Å². The lowest BCUT2D eigenvalue weighted by Crippen LogP contribution is -2.46. The van der Waals surface area contributed by atoms with Crippen molar-refractivity contribution in [3.05, 3.63) is 0 Å². The van der Waals surface area contributed by atoms with Crippen LogP contribution in [0.5, 0.6) is 0 Å². The van der Waals surface area contributed by atoms with Crippen LogP contribution in [0.1, 0.15) is 245 Å². The van der Waals surface area contributed by atoms with Gasteiger partial charge in [-0.1, -0.05) is 226 Å². The third-order valence-electron chi connectivity index (χ3n) is 10.7. The van der Waals surface area contributed by atoms with E-state index in [0.717, 1.165) is 38.5 Å². The van der Waals surface area contributed by atoms with E-state index in [1.54, 1.807) is 0 Å². The molecule has 3 unspecified atom stereocenters. The normalized spacial score (nSPS) is 14.0. The number of amides is 1. The number of carbonyl (C=O) groups is 1. The van der Waals surface area contributed by atoms with Gasteiger partial charge in [-0.2, -0.15) is 0 Å². The van der Waals surface area contributed by atoms with Crippen LogP contribution in [-0.2, 0) is 18.4 Å². The Hall–Kier alpha value is -0.500. The van der Waals surface area contributed by atoms with Crippen molar-refractivity contribution in [3.63, 3.8) is 0 Å². The Morgan fingerprint density at radius 1 is 0.547 bits per heavy atom. The molecule has 0 saturated carbocycles. The van der Waals surface area contributed by atoms with Gasteiger partial charge in [0.05, 0.1) is 25.4 Å². The minimum absolute atomic E-state index is 0.0926. The third-order valence-corrected chi connectivity index (χ3v) is 11.7. The molecule has 0 spiro atoms. The number of nitrogens with two attached hydrogens (primary N) is 1. The molecule has 8 nitrogen and oxygen atoms in total. The van der Waals surface area contributed by atoms with Crippen LogP contribution in [0.2, 0.25) is 0 Å². The van der Waals surface area contributed by atoms with E-state index in [1.165, 1.54) is 180 Å². The number of hydrogen-bond acceptors (Lipinski definition) is 6. The minimum atomic E-state index is -4.31. The quantitative estimate of drug-likeness (QED) is 0.0358.